The predicted octanol–water partition coefficient (Wildman–Crippen LogP) is 3.81. The van der Waals surface area contributed by atoms with Crippen molar-refractivity contribution in [1.29, 1.82) is 0 Å². The lowest BCUT2D eigenvalue weighted by molar-refractivity contribution is -0.00967. The number of aliphatic hydroxyl groups excluding tert-OH is 2. The molecule has 1 aliphatic rings. The summed E-state index contributed by atoms with van der Waals surface area (Å²) in [7, 11) is 0. The maximum atomic E-state index is 14.7. The molecule has 0 radical (unpaired) electrons. The minimum atomic E-state index is -2.88. The maximum Gasteiger partial charge on any atom is 0.275 e. The fourth-order valence-corrected chi connectivity index (χ4v) is 3.83. The number of nitrogens with zero attached hydrogens (tertiary/aromatic N) is 2. The summed E-state index contributed by atoms with van der Waals surface area (Å²) in [6.45, 7) is 2.32. The average molecular weight is 413 g/mol. The topological polar surface area (TPSA) is 68.6 Å². The molecule has 3 N–H and O–H groups in total. The lowest BCUT2D eigenvalue weighted by atomic mass is 10.0. The highest BCUT2D eigenvalue weighted by Crippen LogP contribution is 2.39. The molecule has 7 heteroatoms. The number of pyridine rings is 1. The fourth-order valence-electron chi connectivity index (χ4n) is 3.83. The van der Waals surface area contributed by atoms with Gasteiger partial charge in [-0.15, -0.1) is 0 Å². The van der Waals surface area contributed by atoms with E-state index in [2.05, 4.69) is 5.32 Å². The number of hydrogen-bond acceptors (Lipinski definition) is 5. The molecule has 0 spiro atoms. The number of benzene rings is 2. The molecule has 30 heavy (non-hydrogen) atoms. The minimum absolute atomic E-state index is 0.0772. The number of rotatable bonds is 5. The molecule has 3 aromatic rings. The Morgan fingerprint density at radius 3 is 2.80 bits per heavy atom. The van der Waals surface area contributed by atoms with Crippen LogP contribution >= 0.6 is 0 Å². The van der Waals surface area contributed by atoms with Crippen LogP contribution in [0.3, 0.4) is 0 Å². The number of aromatic nitrogens is 1. The van der Waals surface area contributed by atoms with E-state index in [0.29, 0.717) is 17.9 Å². The Kier molecular flexibility index (Phi) is 5.58. The first-order valence-corrected chi connectivity index (χ1v) is 10.0. The molecule has 0 saturated carbocycles. The van der Waals surface area contributed by atoms with Gasteiger partial charge >= 0.3 is 0 Å². The van der Waals surface area contributed by atoms with Gasteiger partial charge in [0.15, 0.2) is 0 Å². The van der Waals surface area contributed by atoms with E-state index in [0.717, 1.165) is 22.2 Å². The summed E-state index contributed by atoms with van der Waals surface area (Å²) in [5, 5.41) is 22.9. The molecule has 5 nitrogen and oxygen atoms in total. The molecule has 2 heterocycles. The quantitative estimate of drug-likeness (QED) is 0.594. The van der Waals surface area contributed by atoms with Gasteiger partial charge in [0.2, 0.25) is 0 Å². The minimum Gasteiger partial charge on any atom is -0.394 e. The molecule has 158 valence electrons. The number of anilines is 2. The normalized spacial score (nSPS) is 16.8. The van der Waals surface area contributed by atoms with Crippen LogP contribution in [0.15, 0.2) is 48.5 Å². The summed E-state index contributed by atoms with van der Waals surface area (Å²) in [4.78, 5) is 6.61. The third kappa shape index (κ3) is 4.08. The van der Waals surface area contributed by atoms with Crippen LogP contribution in [-0.4, -0.2) is 41.0 Å². The molecule has 2 aromatic carbocycles. The van der Waals surface area contributed by atoms with Gasteiger partial charge in [-0.05, 0) is 24.6 Å². The number of hydrogen-bond donors (Lipinski definition) is 3. The number of aryl methyl sites for hydroxylation is 1. The molecule has 1 atom stereocenters. The highest BCUT2D eigenvalue weighted by molar-refractivity contribution is 5.93. The van der Waals surface area contributed by atoms with E-state index in [4.69, 9.17) is 10.1 Å². The lowest BCUT2D eigenvalue weighted by Gasteiger charge is -2.24. The Balaban J connectivity index is 1.74. The average Bonchev–Trinajstić information content (AvgIpc) is 2.88. The molecule has 0 saturated heterocycles. The second-order valence-corrected chi connectivity index (χ2v) is 7.80. The van der Waals surface area contributed by atoms with Crippen molar-refractivity contribution in [2.75, 3.05) is 29.9 Å². The van der Waals surface area contributed by atoms with E-state index in [1.54, 1.807) is 18.2 Å². The van der Waals surface area contributed by atoms with Gasteiger partial charge in [-0.1, -0.05) is 35.9 Å². The number of alkyl halides is 2. The van der Waals surface area contributed by atoms with E-state index in [-0.39, 0.29) is 31.7 Å². The molecule has 1 aliphatic heterocycles. The van der Waals surface area contributed by atoms with E-state index in [1.807, 2.05) is 36.1 Å². The number of nitrogens with one attached hydrogen (secondary N) is 1. The highest BCUT2D eigenvalue weighted by atomic mass is 19.3. The molecule has 0 bridgehead atoms. The summed E-state index contributed by atoms with van der Waals surface area (Å²) in [6, 6.07) is 14.3. The zero-order valence-corrected chi connectivity index (χ0v) is 16.8. The molecule has 4 rings (SSSR count). The van der Waals surface area contributed by atoms with Crippen molar-refractivity contribution in [2.45, 2.75) is 31.9 Å². The van der Waals surface area contributed by atoms with Gasteiger partial charge in [0.05, 0.1) is 18.2 Å². The van der Waals surface area contributed by atoms with E-state index in [9.17, 15) is 13.9 Å². The summed E-state index contributed by atoms with van der Waals surface area (Å²) in [5.74, 6) is -2.29. The smallest absolute Gasteiger partial charge is 0.275 e. The van der Waals surface area contributed by atoms with Crippen molar-refractivity contribution in [1.82, 2.24) is 4.98 Å². The Bertz CT molecular complexity index is 1060. The third-order valence-corrected chi connectivity index (χ3v) is 5.48. The van der Waals surface area contributed by atoms with Crippen LogP contribution in [-0.2, 0) is 12.5 Å². The van der Waals surface area contributed by atoms with Gasteiger partial charge in [-0.25, -0.2) is 13.8 Å². The third-order valence-electron chi connectivity index (χ3n) is 5.48. The van der Waals surface area contributed by atoms with Crippen molar-refractivity contribution < 1.29 is 19.0 Å². The summed E-state index contributed by atoms with van der Waals surface area (Å²) in [5.41, 5.74) is 3.22. The van der Waals surface area contributed by atoms with Crippen LogP contribution in [0.5, 0.6) is 0 Å². The van der Waals surface area contributed by atoms with Crippen LogP contribution in [0.1, 0.15) is 23.1 Å². The van der Waals surface area contributed by atoms with Crippen molar-refractivity contribution >= 4 is 22.4 Å². The van der Waals surface area contributed by atoms with Gasteiger partial charge in [0, 0.05) is 48.8 Å². The molecular formula is C23H25F2N3O2. The monoisotopic (exact) mass is 413 g/mol. The summed E-state index contributed by atoms with van der Waals surface area (Å²) < 4.78 is 29.3. The fraction of sp³-hybridized carbons (Fsp3) is 0.348. The number of halogens is 2. The van der Waals surface area contributed by atoms with E-state index < -0.39 is 12.0 Å². The van der Waals surface area contributed by atoms with E-state index in [1.165, 1.54) is 6.07 Å². The standard InChI is InChI=1S/C23H25F2N3O2/c1-15-6-7-20-18(10-15)21(26-12-17(30)14-29)11-22(27-20)28-9-8-23(24,25)19-5-3-2-4-16(19)13-28/h2-7,10-11,17,29-30H,8-9,12-14H2,1H3,(H,26,27). The Hall–Kier alpha value is -2.77. The van der Waals surface area contributed by atoms with Crippen molar-refractivity contribution in [3.8, 4) is 0 Å². The molecular weight excluding hydrogens is 388 g/mol. The molecule has 0 amide bonds. The zero-order chi connectivity index (χ0) is 21.3. The number of fused-ring (bicyclic) bond motifs is 2. The van der Waals surface area contributed by atoms with Gasteiger partial charge in [0.25, 0.3) is 5.92 Å². The largest absolute Gasteiger partial charge is 0.394 e. The number of aliphatic hydroxyl groups is 2. The summed E-state index contributed by atoms with van der Waals surface area (Å²) in [6.07, 6.45) is -1.19. The second-order valence-electron chi connectivity index (χ2n) is 7.80. The van der Waals surface area contributed by atoms with Gasteiger partial charge < -0.3 is 20.4 Å². The predicted molar refractivity (Wildman–Crippen MR) is 114 cm³/mol. The first-order valence-electron chi connectivity index (χ1n) is 10.0. The van der Waals surface area contributed by atoms with Gasteiger partial charge in [0.1, 0.15) is 5.82 Å². The van der Waals surface area contributed by atoms with Crippen LogP contribution in [0.2, 0.25) is 0 Å². The lowest BCUT2D eigenvalue weighted by Crippen LogP contribution is -2.26. The molecule has 0 aliphatic carbocycles. The van der Waals surface area contributed by atoms with Crippen molar-refractivity contribution in [3.05, 3.63) is 65.2 Å². The first-order chi connectivity index (χ1) is 14.4. The summed E-state index contributed by atoms with van der Waals surface area (Å²) >= 11 is 0. The Morgan fingerprint density at radius 2 is 2.00 bits per heavy atom. The SMILES string of the molecule is Cc1ccc2nc(N3CCC(F)(F)c4ccccc4C3)cc(NCC(O)CO)c2c1. The Labute approximate surface area is 174 Å². The van der Waals surface area contributed by atoms with Crippen molar-refractivity contribution in [3.63, 3.8) is 0 Å². The zero-order valence-electron chi connectivity index (χ0n) is 16.8. The molecule has 1 aromatic heterocycles. The van der Waals surface area contributed by atoms with Crippen molar-refractivity contribution in [2.24, 2.45) is 0 Å². The molecule has 0 fully saturated rings. The second kappa shape index (κ2) is 8.16. The van der Waals surface area contributed by atoms with Crippen LogP contribution in [0, 0.1) is 6.92 Å². The first kappa shape index (κ1) is 20.5. The van der Waals surface area contributed by atoms with Gasteiger partial charge in [-0.3, -0.25) is 0 Å². The van der Waals surface area contributed by atoms with Crippen LogP contribution in [0.4, 0.5) is 20.3 Å². The molecule has 1 unspecified atom stereocenters. The maximum absolute atomic E-state index is 14.7. The van der Waals surface area contributed by atoms with Crippen LogP contribution in [0.25, 0.3) is 10.9 Å². The van der Waals surface area contributed by atoms with Crippen LogP contribution < -0.4 is 10.2 Å². The van der Waals surface area contributed by atoms with Gasteiger partial charge in [-0.2, -0.15) is 0 Å². The highest BCUT2D eigenvalue weighted by Gasteiger charge is 2.37. The van der Waals surface area contributed by atoms with E-state index >= 15 is 0 Å². The Morgan fingerprint density at radius 1 is 1.20 bits per heavy atom.